The fourth-order valence-corrected chi connectivity index (χ4v) is 1.60. The third-order valence-corrected chi connectivity index (χ3v) is 2.73. The molecule has 1 amide bonds. The Morgan fingerprint density at radius 1 is 1.79 bits per heavy atom. The van der Waals surface area contributed by atoms with Crippen LogP contribution in [0.2, 0.25) is 0 Å². The van der Waals surface area contributed by atoms with E-state index in [2.05, 4.69) is 10.3 Å². The Bertz CT molecular complexity index is 391. The zero-order valence-electron chi connectivity index (χ0n) is 7.99. The van der Waals surface area contributed by atoms with Crippen molar-refractivity contribution < 1.29 is 4.79 Å². The molecule has 4 nitrogen and oxygen atoms in total. The highest BCUT2D eigenvalue weighted by Crippen LogP contribution is 2.20. The molecule has 1 saturated carbocycles. The van der Waals surface area contributed by atoms with E-state index < -0.39 is 0 Å². The number of aromatic nitrogens is 2. The topological polar surface area (TPSA) is 49.8 Å². The number of rotatable bonds is 3. The Kier molecular flexibility index (Phi) is 2.41. The van der Waals surface area contributed by atoms with Crippen molar-refractivity contribution in [3.63, 3.8) is 0 Å². The van der Waals surface area contributed by atoms with E-state index in [1.165, 1.54) is 0 Å². The van der Waals surface area contributed by atoms with Gasteiger partial charge < -0.3 is 14.9 Å². The van der Waals surface area contributed by atoms with Crippen LogP contribution in [0.3, 0.4) is 0 Å². The van der Waals surface area contributed by atoms with Gasteiger partial charge in [-0.15, -0.1) is 0 Å². The monoisotopic (exact) mass is 211 g/mol. The number of carbonyl (C=O) groups excluding carboxylic acids is 1. The first-order chi connectivity index (χ1) is 6.68. The van der Waals surface area contributed by atoms with E-state index in [1.807, 2.05) is 6.92 Å². The van der Waals surface area contributed by atoms with Gasteiger partial charge in [0.25, 0.3) is 0 Å². The minimum absolute atomic E-state index is 0.0446. The Balaban J connectivity index is 2.06. The predicted octanol–water partition coefficient (Wildman–Crippen LogP) is 1.39. The van der Waals surface area contributed by atoms with Gasteiger partial charge in [0, 0.05) is 18.4 Å². The lowest BCUT2D eigenvalue weighted by Gasteiger charge is -2.12. The van der Waals surface area contributed by atoms with Crippen molar-refractivity contribution in [1.82, 2.24) is 14.9 Å². The Hall–Kier alpha value is -1.10. The highest BCUT2D eigenvalue weighted by Gasteiger charge is 2.26. The molecule has 14 heavy (non-hydrogen) atoms. The second kappa shape index (κ2) is 3.57. The number of aromatic amines is 1. The first kappa shape index (κ1) is 9.45. The molecule has 0 saturated heterocycles. The van der Waals surface area contributed by atoms with Gasteiger partial charge >= 0.3 is 0 Å². The molecule has 1 aromatic rings. The van der Waals surface area contributed by atoms with Crippen molar-refractivity contribution in [1.29, 1.82) is 0 Å². The summed E-state index contributed by atoms with van der Waals surface area (Å²) >= 11 is 5.04. The molecule has 1 aliphatic rings. The molecule has 0 bridgehead atoms. The molecule has 0 aromatic carbocycles. The summed E-state index contributed by atoms with van der Waals surface area (Å²) in [5.74, 6) is 0.0446. The molecule has 1 atom stereocenters. The molecule has 76 valence electrons. The van der Waals surface area contributed by atoms with Gasteiger partial charge in [0.2, 0.25) is 5.91 Å². The van der Waals surface area contributed by atoms with Crippen LogP contribution in [-0.4, -0.2) is 21.5 Å². The molecule has 1 aromatic heterocycles. The maximum absolute atomic E-state index is 11.7. The van der Waals surface area contributed by atoms with Crippen LogP contribution in [0.25, 0.3) is 0 Å². The standard InChI is InChI=1S/C9H13N3OS/c1-6(8(13)11-7-2-3-7)12-5-4-10-9(12)14/h4-7H,2-3H2,1H3,(H,10,14)(H,11,13). The quantitative estimate of drug-likeness (QED) is 0.742. The van der Waals surface area contributed by atoms with Gasteiger partial charge in [0.1, 0.15) is 6.04 Å². The Morgan fingerprint density at radius 2 is 2.50 bits per heavy atom. The maximum Gasteiger partial charge on any atom is 0.243 e. The fraction of sp³-hybridized carbons (Fsp3) is 0.556. The first-order valence-corrected chi connectivity index (χ1v) is 5.15. The predicted molar refractivity (Wildman–Crippen MR) is 55.5 cm³/mol. The van der Waals surface area contributed by atoms with Crippen molar-refractivity contribution >= 4 is 18.1 Å². The number of H-pyrrole nitrogens is 1. The Morgan fingerprint density at radius 3 is 3.00 bits per heavy atom. The van der Waals surface area contributed by atoms with E-state index >= 15 is 0 Å². The zero-order chi connectivity index (χ0) is 10.1. The summed E-state index contributed by atoms with van der Waals surface area (Å²) < 4.78 is 2.34. The molecule has 1 fully saturated rings. The zero-order valence-corrected chi connectivity index (χ0v) is 8.80. The van der Waals surface area contributed by atoms with Crippen molar-refractivity contribution in [3.8, 4) is 0 Å². The van der Waals surface area contributed by atoms with Gasteiger partial charge in [-0.25, -0.2) is 0 Å². The van der Waals surface area contributed by atoms with Crippen LogP contribution < -0.4 is 5.32 Å². The maximum atomic E-state index is 11.7. The van der Waals surface area contributed by atoms with Gasteiger partial charge in [0.15, 0.2) is 4.77 Å². The van der Waals surface area contributed by atoms with Crippen LogP contribution in [0, 0.1) is 4.77 Å². The third kappa shape index (κ3) is 1.87. The van der Waals surface area contributed by atoms with Crippen LogP contribution in [-0.2, 0) is 4.79 Å². The molecule has 1 heterocycles. The molecule has 5 heteroatoms. The number of nitrogens with one attached hydrogen (secondary N) is 2. The SMILES string of the molecule is CC(C(=O)NC1CC1)n1cc[nH]c1=S. The summed E-state index contributed by atoms with van der Waals surface area (Å²) in [4.78, 5) is 14.5. The van der Waals surface area contributed by atoms with E-state index in [4.69, 9.17) is 12.2 Å². The minimum atomic E-state index is -0.227. The van der Waals surface area contributed by atoms with E-state index in [-0.39, 0.29) is 11.9 Å². The highest BCUT2D eigenvalue weighted by atomic mass is 32.1. The van der Waals surface area contributed by atoms with Crippen molar-refractivity contribution in [2.45, 2.75) is 31.8 Å². The summed E-state index contributed by atoms with van der Waals surface area (Å²) in [5.41, 5.74) is 0. The molecule has 0 spiro atoms. The van der Waals surface area contributed by atoms with E-state index in [0.29, 0.717) is 10.8 Å². The molecule has 1 unspecified atom stereocenters. The number of imidazole rings is 1. The summed E-state index contributed by atoms with van der Waals surface area (Å²) in [6, 6.07) is 0.174. The smallest absolute Gasteiger partial charge is 0.243 e. The highest BCUT2D eigenvalue weighted by molar-refractivity contribution is 7.71. The number of amides is 1. The lowest BCUT2D eigenvalue weighted by molar-refractivity contribution is -0.124. The summed E-state index contributed by atoms with van der Waals surface area (Å²) in [7, 11) is 0. The third-order valence-electron chi connectivity index (χ3n) is 2.40. The van der Waals surface area contributed by atoms with Gasteiger partial charge in [-0.3, -0.25) is 4.79 Å². The van der Waals surface area contributed by atoms with Crippen LogP contribution in [0.5, 0.6) is 0 Å². The van der Waals surface area contributed by atoms with Gasteiger partial charge in [-0.2, -0.15) is 0 Å². The number of hydrogen-bond donors (Lipinski definition) is 2. The molecule has 2 rings (SSSR count). The molecule has 0 aliphatic heterocycles. The van der Waals surface area contributed by atoms with Crippen LogP contribution in [0.1, 0.15) is 25.8 Å². The van der Waals surface area contributed by atoms with Crippen molar-refractivity contribution in [2.24, 2.45) is 0 Å². The summed E-state index contributed by atoms with van der Waals surface area (Å²) in [5, 5.41) is 2.95. The Labute approximate surface area is 87.3 Å². The normalized spacial score (nSPS) is 17.8. The fourth-order valence-electron chi connectivity index (χ4n) is 1.31. The molecular weight excluding hydrogens is 198 g/mol. The van der Waals surface area contributed by atoms with Gasteiger partial charge in [-0.1, -0.05) is 0 Å². The largest absolute Gasteiger partial charge is 0.352 e. The number of carbonyl (C=O) groups is 1. The number of hydrogen-bond acceptors (Lipinski definition) is 2. The molecular formula is C9H13N3OS. The van der Waals surface area contributed by atoms with Crippen molar-refractivity contribution in [2.75, 3.05) is 0 Å². The molecule has 0 radical (unpaired) electrons. The molecule has 2 N–H and O–H groups in total. The van der Waals surface area contributed by atoms with E-state index in [0.717, 1.165) is 12.8 Å². The van der Waals surface area contributed by atoms with Gasteiger partial charge in [0.05, 0.1) is 0 Å². The summed E-state index contributed by atoms with van der Waals surface area (Å²) in [6.45, 7) is 1.85. The first-order valence-electron chi connectivity index (χ1n) is 4.74. The van der Waals surface area contributed by atoms with E-state index in [9.17, 15) is 4.79 Å². The van der Waals surface area contributed by atoms with Crippen LogP contribution in [0.4, 0.5) is 0 Å². The second-order valence-electron chi connectivity index (χ2n) is 3.63. The average Bonchev–Trinajstić information content (AvgIpc) is 2.86. The van der Waals surface area contributed by atoms with Crippen molar-refractivity contribution in [3.05, 3.63) is 17.2 Å². The molecule has 1 aliphatic carbocycles. The lowest BCUT2D eigenvalue weighted by atomic mass is 10.3. The van der Waals surface area contributed by atoms with E-state index in [1.54, 1.807) is 17.0 Å². The second-order valence-corrected chi connectivity index (χ2v) is 4.02. The number of nitrogens with zero attached hydrogens (tertiary/aromatic N) is 1. The van der Waals surface area contributed by atoms with Crippen LogP contribution >= 0.6 is 12.2 Å². The van der Waals surface area contributed by atoms with Crippen LogP contribution in [0.15, 0.2) is 12.4 Å². The lowest BCUT2D eigenvalue weighted by Crippen LogP contribution is -2.32. The van der Waals surface area contributed by atoms with Gasteiger partial charge in [-0.05, 0) is 32.0 Å². The minimum Gasteiger partial charge on any atom is -0.352 e. The summed E-state index contributed by atoms with van der Waals surface area (Å²) in [6.07, 6.45) is 5.75. The average molecular weight is 211 g/mol.